The van der Waals surface area contributed by atoms with Crippen molar-refractivity contribution < 1.29 is 4.74 Å². The normalized spacial score (nSPS) is 12.3. The number of benzene rings is 1. The third-order valence-corrected chi connectivity index (χ3v) is 3.77. The van der Waals surface area contributed by atoms with Crippen molar-refractivity contribution in [3.05, 3.63) is 40.7 Å². The third kappa shape index (κ3) is 3.91. The topological polar surface area (TPSA) is 47.0 Å². The molecule has 0 fully saturated rings. The molecule has 1 atom stereocenters. The lowest BCUT2D eigenvalue weighted by Gasteiger charge is -2.18. The number of methoxy groups -OCH3 is 1. The Balaban J connectivity index is 2.21. The van der Waals surface area contributed by atoms with Crippen molar-refractivity contribution in [3.8, 4) is 5.75 Å². The first-order valence-corrected chi connectivity index (χ1v) is 7.68. The maximum absolute atomic E-state index is 6.08. The highest BCUT2D eigenvalue weighted by atomic mass is 35.5. The van der Waals surface area contributed by atoms with Crippen molar-refractivity contribution in [3.63, 3.8) is 0 Å². The Labute approximate surface area is 128 Å². The molecule has 6 heteroatoms. The summed E-state index contributed by atoms with van der Waals surface area (Å²) >= 11 is 7.31. The number of halogens is 1. The first-order chi connectivity index (χ1) is 9.74. The van der Waals surface area contributed by atoms with Gasteiger partial charge in [-0.15, -0.1) is 0 Å². The third-order valence-electron chi connectivity index (χ3n) is 3.04. The van der Waals surface area contributed by atoms with Crippen molar-refractivity contribution in [2.24, 2.45) is 0 Å². The van der Waals surface area contributed by atoms with Gasteiger partial charge in [-0.05, 0) is 43.1 Å². The summed E-state index contributed by atoms with van der Waals surface area (Å²) in [5.74, 6) is 0.848. The Hall–Kier alpha value is -1.17. The highest BCUT2D eigenvalue weighted by molar-refractivity contribution is 6.99. The number of nitrogens with one attached hydrogen (secondary N) is 1. The predicted octanol–water partition coefficient (Wildman–Crippen LogP) is 3.48. The van der Waals surface area contributed by atoms with E-state index in [-0.39, 0.29) is 6.04 Å². The second-order valence-corrected chi connectivity index (χ2v) is 5.49. The average molecular weight is 312 g/mol. The molecule has 2 aromatic rings. The number of nitrogens with zero attached hydrogens (tertiary/aromatic N) is 2. The van der Waals surface area contributed by atoms with Gasteiger partial charge in [-0.1, -0.05) is 18.5 Å². The zero-order chi connectivity index (χ0) is 14.4. The van der Waals surface area contributed by atoms with E-state index in [0.717, 1.165) is 36.4 Å². The Bertz CT molecular complexity index is 533. The van der Waals surface area contributed by atoms with Gasteiger partial charge in [0.05, 0.1) is 36.8 Å². The molecule has 0 saturated carbocycles. The van der Waals surface area contributed by atoms with E-state index in [9.17, 15) is 0 Å². The molecule has 0 spiro atoms. The van der Waals surface area contributed by atoms with E-state index in [1.807, 2.05) is 24.4 Å². The van der Waals surface area contributed by atoms with Gasteiger partial charge in [0.15, 0.2) is 0 Å². The average Bonchev–Trinajstić information content (AvgIpc) is 2.97. The second-order valence-electron chi connectivity index (χ2n) is 4.50. The largest absolute Gasteiger partial charge is 0.496 e. The first-order valence-electron chi connectivity index (χ1n) is 6.57. The van der Waals surface area contributed by atoms with Crippen LogP contribution in [0.4, 0.5) is 0 Å². The number of hydrogen-bond donors (Lipinski definition) is 1. The van der Waals surface area contributed by atoms with Crippen molar-refractivity contribution >= 4 is 23.3 Å². The Morgan fingerprint density at radius 3 is 2.95 bits per heavy atom. The van der Waals surface area contributed by atoms with Gasteiger partial charge in [-0.3, -0.25) is 0 Å². The van der Waals surface area contributed by atoms with Crippen LogP contribution in [0.25, 0.3) is 0 Å². The molecule has 1 unspecified atom stereocenters. The molecule has 1 heterocycles. The summed E-state index contributed by atoms with van der Waals surface area (Å²) in [7, 11) is 1.67. The van der Waals surface area contributed by atoms with Crippen LogP contribution in [-0.4, -0.2) is 22.4 Å². The molecular weight excluding hydrogens is 294 g/mol. The van der Waals surface area contributed by atoms with Gasteiger partial charge in [-0.2, -0.15) is 8.75 Å². The Kier molecular flexibility index (Phi) is 5.76. The molecule has 0 aliphatic rings. The van der Waals surface area contributed by atoms with Crippen LogP contribution in [0.2, 0.25) is 5.02 Å². The van der Waals surface area contributed by atoms with Gasteiger partial charge < -0.3 is 10.1 Å². The molecule has 0 aliphatic carbocycles. The van der Waals surface area contributed by atoms with E-state index >= 15 is 0 Å². The van der Waals surface area contributed by atoms with Crippen molar-refractivity contribution in [2.45, 2.75) is 25.8 Å². The molecule has 0 amide bonds. The molecule has 1 aromatic heterocycles. The fourth-order valence-electron chi connectivity index (χ4n) is 2.05. The molecule has 1 aromatic carbocycles. The lowest BCUT2D eigenvalue weighted by atomic mass is 10.0. The van der Waals surface area contributed by atoms with Crippen molar-refractivity contribution in [2.75, 3.05) is 13.7 Å². The summed E-state index contributed by atoms with van der Waals surface area (Å²) in [4.78, 5) is 0. The highest BCUT2D eigenvalue weighted by Crippen LogP contribution is 2.27. The predicted molar refractivity (Wildman–Crippen MR) is 82.7 cm³/mol. The van der Waals surface area contributed by atoms with Crippen LogP contribution in [0, 0.1) is 0 Å². The zero-order valence-electron chi connectivity index (χ0n) is 11.6. The van der Waals surface area contributed by atoms with Crippen LogP contribution < -0.4 is 10.1 Å². The Morgan fingerprint density at radius 1 is 1.45 bits per heavy atom. The molecule has 0 bridgehead atoms. The quantitative estimate of drug-likeness (QED) is 0.850. The maximum Gasteiger partial charge on any atom is 0.122 e. The number of rotatable bonds is 7. The molecule has 0 saturated heterocycles. The van der Waals surface area contributed by atoms with Crippen molar-refractivity contribution in [1.82, 2.24) is 14.1 Å². The summed E-state index contributed by atoms with van der Waals surface area (Å²) in [6.07, 6.45) is 3.66. The van der Waals surface area contributed by atoms with E-state index < -0.39 is 0 Å². The summed E-state index contributed by atoms with van der Waals surface area (Å²) in [6.45, 7) is 3.08. The van der Waals surface area contributed by atoms with Gasteiger partial charge in [-0.25, -0.2) is 0 Å². The fourth-order valence-corrected chi connectivity index (χ4v) is 2.72. The minimum atomic E-state index is 0.126. The fraction of sp³-hybridized carbons (Fsp3) is 0.429. The number of ether oxygens (including phenoxy) is 1. The molecule has 0 aliphatic heterocycles. The summed E-state index contributed by atoms with van der Waals surface area (Å²) in [5.41, 5.74) is 2.03. The molecule has 20 heavy (non-hydrogen) atoms. The summed E-state index contributed by atoms with van der Waals surface area (Å²) in [5, 5.41) is 4.21. The van der Waals surface area contributed by atoms with E-state index in [1.165, 1.54) is 11.7 Å². The molecule has 1 N–H and O–H groups in total. The Morgan fingerprint density at radius 2 is 2.30 bits per heavy atom. The van der Waals surface area contributed by atoms with Gasteiger partial charge in [0, 0.05) is 5.02 Å². The van der Waals surface area contributed by atoms with Crippen LogP contribution in [0.15, 0.2) is 24.4 Å². The molecule has 0 radical (unpaired) electrons. The molecular formula is C14H18ClN3OS. The van der Waals surface area contributed by atoms with Crippen LogP contribution in [0.5, 0.6) is 5.75 Å². The van der Waals surface area contributed by atoms with E-state index in [4.69, 9.17) is 16.3 Å². The van der Waals surface area contributed by atoms with Gasteiger partial charge in [0.25, 0.3) is 0 Å². The van der Waals surface area contributed by atoms with Crippen LogP contribution in [-0.2, 0) is 6.42 Å². The van der Waals surface area contributed by atoms with Crippen molar-refractivity contribution in [1.29, 1.82) is 0 Å². The monoisotopic (exact) mass is 311 g/mol. The number of hydrogen-bond acceptors (Lipinski definition) is 5. The standard InChI is InChI=1S/C14H18ClN3OS/c1-3-6-16-12(13-9-17-20-18-13)8-10-7-11(15)4-5-14(10)19-2/h4-5,7,9,12,16H,3,6,8H2,1-2H3. The lowest BCUT2D eigenvalue weighted by molar-refractivity contribution is 0.405. The maximum atomic E-state index is 6.08. The molecule has 2 rings (SSSR count). The molecule has 4 nitrogen and oxygen atoms in total. The van der Waals surface area contributed by atoms with Gasteiger partial charge in [0.1, 0.15) is 5.75 Å². The van der Waals surface area contributed by atoms with Crippen LogP contribution in [0.1, 0.15) is 30.6 Å². The SMILES string of the molecule is CCCNC(Cc1cc(Cl)ccc1OC)c1cnsn1. The number of aromatic nitrogens is 2. The first kappa shape index (κ1) is 15.2. The van der Waals surface area contributed by atoms with Crippen LogP contribution >= 0.6 is 23.3 Å². The van der Waals surface area contributed by atoms with E-state index in [1.54, 1.807) is 7.11 Å². The summed E-state index contributed by atoms with van der Waals surface area (Å²) < 4.78 is 13.8. The smallest absolute Gasteiger partial charge is 0.122 e. The van der Waals surface area contributed by atoms with E-state index in [0.29, 0.717) is 5.02 Å². The lowest BCUT2D eigenvalue weighted by Crippen LogP contribution is -2.24. The summed E-state index contributed by atoms with van der Waals surface area (Å²) in [6, 6.07) is 5.80. The van der Waals surface area contributed by atoms with Gasteiger partial charge >= 0.3 is 0 Å². The zero-order valence-corrected chi connectivity index (χ0v) is 13.2. The highest BCUT2D eigenvalue weighted by Gasteiger charge is 2.17. The minimum absolute atomic E-state index is 0.126. The second kappa shape index (κ2) is 7.57. The minimum Gasteiger partial charge on any atom is -0.496 e. The van der Waals surface area contributed by atoms with Crippen LogP contribution in [0.3, 0.4) is 0 Å². The van der Waals surface area contributed by atoms with Gasteiger partial charge in [0.2, 0.25) is 0 Å². The molecule has 108 valence electrons. The van der Waals surface area contributed by atoms with E-state index in [2.05, 4.69) is 21.0 Å².